The number of benzene rings is 2. The number of sulfonamides is 1. The minimum Gasteiger partial charge on any atom is -0.395 e. The predicted molar refractivity (Wildman–Crippen MR) is 92.9 cm³/mol. The third-order valence-corrected chi connectivity index (χ3v) is 5.71. The SMILES string of the molecule is O=S(=O)(c1cccc2cnccc12)N(CCO)Cc1ccccc1. The fraction of sp³-hybridized carbons (Fsp3) is 0.167. The summed E-state index contributed by atoms with van der Waals surface area (Å²) in [5.41, 5.74) is 0.872. The summed E-state index contributed by atoms with van der Waals surface area (Å²) in [6.45, 7) is 0.0162. The normalized spacial score (nSPS) is 11.9. The molecule has 3 aromatic rings. The van der Waals surface area contributed by atoms with Crippen molar-refractivity contribution >= 4 is 20.8 Å². The summed E-state index contributed by atoms with van der Waals surface area (Å²) >= 11 is 0. The van der Waals surface area contributed by atoms with Crippen molar-refractivity contribution in [2.75, 3.05) is 13.2 Å². The van der Waals surface area contributed by atoms with Crippen LogP contribution in [0.1, 0.15) is 5.56 Å². The molecule has 0 saturated carbocycles. The maximum atomic E-state index is 13.1. The van der Waals surface area contributed by atoms with Crippen molar-refractivity contribution in [3.8, 4) is 0 Å². The molecule has 0 fully saturated rings. The van der Waals surface area contributed by atoms with Crippen LogP contribution >= 0.6 is 0 Å². The Labute approximate surface area is 141 Å². The number of hydrogen-bond donors (Lipinski definition) is 1. The fourth-order valence-corrected chi connectivity index (χ4v) is 4.27. The molecule has 5 nitrogen and oxygen atoms in total. The van der Waals surface area contributed by atoms with E-state index in [0.717, 1.165) is 10.9 Å². The second-order valence-corrected chi connectivity index (χ2v) is 7.31. The van der Waals surface area contributed by atoms with Crippen molar-refractivity contribution in [1.82, 2.24) is 9.29 Å². The molecular formula is C18H18N2O3S. The lowest BCUT2D eigenvalue weighted by Crippen LogP contribution is -2.33. The van der Waals surface area contributed by atoms with Crippen molar-refractivity contribution in [2.45, 2.75) is 11.4 Å². The molecule has 6 heteroatoms. The van der Waals surface area contributed by atoms with E-state index in [4.69, 9.17) is 0 Å². The Balaban J connectivity index is 2.05. The van der Waals surface area contributed by atoms with Gasteiger partial charge in [-0.15, -0.1) is 0 Å². The highest BCUT2D eigenvalue weighted by Crippen LogP contribution is 2.26. The van der Waals surface area contributed by atoms with Crippen molar-refractivity contribution in [3.63, 3.8) is 0 Å². The van der Waals surface area contributed by atoms with Crippen LogP contribution in [0.15, 0.2) is 71.9 Å². The van der Waals surface area contributed by atoms with Crippen LogP contribution in [0.4, 0.5) is 0 Å². The van der Waals surface area contributed by atoms with E-state index < -0.39 is 10.0 Å². The maximum absolute atomic E-state index is 13.1. The van der Waals surface area contributed by atoms with Crippen LogP contribution in [-0.2, 0) is 16.6 Å². The summed E-state index contributed by atoms with van der Waals surface area (Å²) < 4.78 is 27.6. The van der Waals surface area contributed by atoms with E-state index in [0.29, 0.717) is 5.39 Å². The molecule has 0 unspecified atom stereocenters. The molecular weight excluding hydrogens is 324 g/mol. The first kappa shape index (κ1) is 16.6. The number of fused-ring (bicyclic) bond motifs is 1. The molecule has 0 aliphatic heterocycles. The summed E-state index contributed by atoms with van der Waals surface area (Å²) in [6, 6.07) is 16.2. The largest absolute Gasteiger partial charge is 0.395 e. The summed E-state index contributed by atoms with van der Waals surface area (Å²) in [7, 11) is -3.74. The lowest BCUT2D eigenvalue weighted by atomic mass is 10.2. The Hall–Kier alpha value is -2.28. The maximum Gasteiger partial charge on any atom is 0.244 e. The first-order valence-electron chi connectivity index (χ1n) is 7.60. The Morgan fingerprint density at radius 3 is 2.54 bits per heavy atom. The highest BCUT2D eigenvalue weighted by molar-refractivity contribution is 7.89. The molecule has 0 radical (unpaired) electrons. The van der Waals surface area contributed by atoms with Crippen LogP contribution in [0.3, 0.4) is 0 Å². The Morgan fingerprint density at radius 2 is 1.79 bits per heavy atom. The van der Waals surface area contributed by atoms with Crippen molar-refractivity contribution in [1.29, 1.82) is 0 Å². The van der Waals surface area contributed by atoms with E-state index in [2.05, 4.69) is 4.98 Å². The van der Waals surface area contributed by atoms with Gasteiger partial charge < -0.3 is 5.11 Å². The zero-order chi connectivity index (χ0) is 17.0. The number of hydrogen-bond acceptors (Lipinski definition) is 4. The number of aromatic nitrogens is 1. The third-order valence-electron chi connectivity index (χ3n) is 3.81. The van der Waals surface area contributed by atoms with E-state index >= 15 is 0 Å². The Kier molecular flexibility index (Phi) is 4.89. The van der Waals surface area contributed by atoms with Crippen LogP contribution in [0.2, 0.25) is 0 Å². The van der Waals surface area contributed by atoms with Gasteiger partial charge in [-0.05, 0) is 17.7 Å². The lowest BCUT2D eigenvalue weighted by molar-refractivity contribution is 0.251. The smallest absolute Gasteiger partial charge is 0.244 e. The van der Waals surface area contributed by atoms with E-state index in [9.17, 15) is 13.5 Å². The Bertz CT molecular complexity index is 922. The average Bonchev–Trinajstić information content (AvgIpc) is 2.61. The van der Waals surface area contributed by atoms with Crippen LogP contribution in [0.5, 0.6) is 0 Å². The molecule has 0 aliphatic rings. The van der Waals surface area contributed by atoms with Crippen LogP contribution < -0.4 is 0 Å². The van der Waals surface area contributed by atoms with Gasteiger partial charge in [0.1, 0.15) is 0 Å². The molecule has 0 aliphatic carbocycles. The molecule has 3 rings (SSSR count). The second kappa shape index (κ2) is 7.09. The molecule has 1 heterocycles. The molecule has 0 atom stereocenters. The second-order valence-electron chi connectivity index (χ2n) is 5.40. The van der Waals surface area contributed by atoms with E-state index in [-0.39, 0.29) is 24.6 Å². The summed E-state index contributed by atoms with van der Waals surface area (Å²) in [4.78, 5) is 4.27. The summed E-state index contributed by atoms with van der Waals surface area (Å²) in [6.07, 6.45) is 3.22. The van der Waals surface area contributed by atoms with Crippen LogP contribution in [0, 0.1) is 0 Å². The van der Waals surface area contributed by atoms with Crippen LogP contribution in [0.25, 0.3) is 10.8 Å². The number of aliphatic hydroxyl groups excluding tert-OH is 1. The summed E-state index contributed by atoms with van der Waals surface area (Å²) in [5, 5.41) is 10.7. The minimum atomic E-state index is -3.74. The van der Waals surface area contributed by atoms with Gasteiger partial charge in [-0.1, -0.05) is 42.5 Å². The van der Waals surface area contributed by atoms with Gasteiger partial charge in [0.2, 0.25) is 10.0 Å². The molecule has 0 saturated heterocycles. The third kappa shape index (κ3) is 3.31. The van der Waals surface area contributed by atoms with Gasteiger partial charge in [-0.3, -0.25) is 4.98 Å². The van der Waals surface area contributed by atoms with E-state index in [1.807, 2.05) is 36.4 Å². The monoisotopic (exact) mass is 342 g/mol. The molecule has 1 N–H and O–H groups in total. The average molecular weight is 342 g/mol. The van der Waals surface area contributed by atoms with Gasteiger partial charge in [-0.2, -0.15) is 4.31 Å². The minimum absolute atomic E-state index is 0.0404. The highest BCUT2D eigenvalue weighted by atomic mass is 32.2. The number of aliphatic hydroxyl groups is 1. The van der Waals surface area contributed by atoms with Gasteiger partial charge in [0.05, 0.1) is 11.5 Å². The van der Waals surface area contributed by atoms with E-state index in [1.54, 1.807) is 30.6 Å². The quantitative estimate of drug-likeness (QED) is 0.747. The van der Waals surface area contributed by atoms with Crippen molar-refractivity contribution in [2.24, 2.45) is 0 Å². The Morgan fingerprint density at radius 1 is 1.00 bits per heavy atom. The number of nitrogens with zero attached hydrogens (tertiary/aromatic N) is 2. The molecule has 0 bridgehead atoms. The van der Waals surface area contributed by atoms with Gasteiger partial charge in [0.25, 0.3) is 0 Å². The van der Waals surface area contributed by atoms with Crippen molar-refractivity contribution in [3.05, 3.63) is 72.6 Å². The van der Waals surface area contributed by atoms with Gasteiger partial charge in [-0.25, -0.2) is 8.42 Å². The molecule has 124 valence electrons. The molecule has 24 heavy (non-hydrogen) atoms. The van der Waals surface area contributed by atoms with Gasteiger partial charge >= 0.3 is 0 Å². The van der Waals surface area contributed by atoms with Gasteiger partial charge in [0, 0.05) is 36.3 Å². The topological polar surface area (TPSA) is 70.5 Å². The van der Waals surface area contributed by atoms with Gasteiger partial charge in [0.15, 0.2) is 0 Å². The molecule has 1 aromatic heterocycles. The standard InChI is InChI=1S/C18H18N2O3S/c21-12-11-20(14-15-5-2-1-3-6-15)24(22,23)18-8-4-7-16-13-19-10-9-17(16)18/h1-10,13,21H,11-12,14H2. The predicted octanol–water partition coefficient (Wildman–Crippen LogP) is 2.42. The fourth-order valence-electron chi connectivity index (χ4n) is 2.64. The zero-order valence-electron chi connectivity index (χ0n) is 13.0. The number of pyridine rings is 1. The zero-order valence-corrected chi connectivity index (χ0v) is 13.9. The molecule has 0 amide bonds. The highest BCUT2D eigenvalue weighted by Gasteiger charge is 2.26. The molecule has 2 aromatic carbocycles. The summed E-state index contributed by atoms with van der Waals surface area (Å²) in [5.74, 6) is 0. The van der Waals surface area contributed by atoms with Crippen LogP contribution in [-0.4, -0.2) is 36.0 Å². The number of rotatable bonds is 6. The first-order chi connectivity index (χ1) is 11.6. The lowest BCUT2D eigenvalue weighted by Gasteiger charge is -2.22. The van der Waals surface area contributed by atoms with E-state index in [1.165, 1.54) is 4.31 Å². The van der Waals surface area contributed by atoms with Crippen molar-refractivity contribution < 1.29 is 13.5 Å². The molecule has 0 spiro atoms. The first-order valence-corrected chi connectivity index (χ1v) is 9.04.